The van der Waals surface area contributed by atoms with E-state index in [1.165, 1.54) is 0 Å². The molecule has 68 valence electrons. The molecule has 3 nitrogen and oxygen atoms in total. The van der Waals surface area contributed by atoms with Crippen molar-refractivity contribution in [2.75, 3.05) is 6.54 Å². The van der Waals surface area contributed by atoms with Gasteiger partial charge in [0, 0.05) is 5.92 Å². The lowest BCUT2D eigenvalue weighted by Crippen LogP contribution is -2.45. The molecule has 0 spiro atoms. The van der Waals surface area contributed by atoms with Crippen molar-refractivity contribution in [3.63, 3.8) is 0 Å². The number of carbonyl (C=O) groups excluding carboxylic acids is 1. The standard InChI is InChI=1S/C9H15NO2/c1-9(2)6-4-3-5-10-7(6)8(11)12-9/h6-7,10H,3-5H2,1-2H3/t6-,7+/m1/s1. The molecule has 12 heavy (non-hydrogen) atoms. The summed E-state index contributed by atoms with van der Waals surface area (Å²) in [6.45, 7) is 4.96. The fourth-order valence-corrected chi connectivity index (χ4v) is 2.28. The molecule has 2 rings (SSSR count). The first-order valence-corrected chi connectivity index (χ1v) is 4.57. The molecule has 1 N–H and O–H groups in total. The lowest BCUT2D eigenvalue weighted by Gasteiger charge is -2.30. The van der Waals surface area contributed by atoms with Crippen LogP contribution >= 0.6 is 0 Å². The van der Waals surface area contributed by atoms with Crippen molar-refractivity contribution in [2.24, 2.45) is 5.92 Å². The Kier molecular flexibility index (Phi) is 1.65. The number of hydrogen-bond donors (Lipinski definition) is 1. The number of ether oxygens (including phenoxy) is 1. The van der Waals surface area contributed by atoms with Gasteiger partial charge < -0.3 is 10.1 Å². The fraction of sp³-hybridized carbons (Fsp3) is 0.889. The van der Waals surface area contributed by atoms with Gasteiger partial charge in [0.1, 0.15) is 11.6 Å². The lowest BCUT2D eigenvalue weighted by atomic mass is 9.82. The van der Waals surface area contributed by atoms with E-state index in [2.05, 4.69) is 5.32 Å². The third-order valence-corrected chi connectivity index (χ3v) is 2.97. The first-order chi connectivity index (χ1) is 5.61. The second-order valence-corrected chi connectivity index (χ2v) is 4.21. The molecule has 3 heteroatoms. The zero-order valence-corrected chi connectivity index (χ0v) is 7.59. The van der Waals surface area contributed by atoms with Crippen LogP contribution in [0.4, 0.5) is 0 Å². The molecule has 0 unspecified atom stereocenters. The van der Waals surface area contributed by atoms with E-state index in [-0.39, 0.29) is 17.6 Å². The first-order valence-electron chi connectivity index (χ1n) is 4.57. The van der Waals surface area contributed by atoms with Gasteiger partial charge in [-0.2, -0.15) is 0 Å². The van der Waals surface area contributed by atoms with Crippen molar-refractivity contribution in [3.8, 4) is 0 Å². The summed E-state index contributed by atoms with van der Waals surface area (Å²) in [4.78, 5) is 11.3. The maximum absolute atomic E-state index is 11.3. The molecule has 2 atom stereocenters. The number of rotatable bonds is 0. The largest absolute Gasteiger partial charge is 0.458 e. The highest BCUT2D eigenvalue weighted by Gasteiger charge is 2.50. The van der Waals surface area contributed by atoms with Gasteiger partial charge in [-0.15, -0.1) is 0 Å². The van der Waals surface area contributed by atoms with Gasteiger partial charge in [-0.3, -0.25) is 4.79 Å². The SMILES string of the molecule is CC1(C)OC(=O)[C@H]2NCCC[C@H]21. The van der Waals surface area contributed by atoms with Crippen LogP contribution in [0.2, 0.25) is 0 Å². The van der Waals surface area contributed by atoms with Crippen LogP contribution in [-0.4, -0.2) is 24.2 Å². The molecule has 2 aliphatic heterocycles. The normalized spacial score (nSPS) is 39.0. The van der Waals surface area contributed by atoms with Crippen molar-refractivity contribution in [1.82, 2.24) is 5.32 Å². The van der Waals surface area contributed by atoms with Gasteiger partial charge >= 0.3 is 5.97 Å². The van der Waals surface area contributed by atoms with Crippen molar-refractivity contribution >= 4 is 5.97 Å². The number of hydrogen-bond acceptors (Lipinski definition) is 3. The molecule has 0 radical (unpaired) electrons. The number of piperidine rings is 1. The smallest absolute Gasteiger partial charge is 0.324 e. The predicted octanol–water partition coefficient (Wildman–Crippen LogP) is 0.690. The van der Waals surface area contributed by atoms with E-state index in [1.807, 2.05) is 13.8 Å². The summed E-state index contributed by atoms with van der Waals surface area (Å²) in [7, 11) is 0. The molecule has 2 aliphatic rings. The van der Waals surface area contributed by atoms with Crippen LogP contribution in [0.3, 0.4) is 0 Å². The molecule has 2 saturated heterocycles. The number of nitrogens with one attached hydrogen (secondary N) is 1. The van der Waals surface area contributed by atoms with Crippen LogP contribution in [0, 0.1) is 5.92 Å². The van der Waals surface area contributed by atoms with Crippen LogP contribution in [0.5, 0.6) is 0 Å². The minimum atomic E-state index is -0.255. The predicted molar refractivity (Wildman–Crippen MR) is 44.7 cm³/mol. The molecule has 0 bridgehead atoms. The highest BCUT2D eigenvalue weighted by molar-refractivity contribution is 5.79. The Balaban J connectivity index is 2.22. The second kappa shape index (κ2) is 2.46. The highest BCUT2D eigenvalue weighted by atomic mass is 16.6. The Hall–Kier alpha value is -0.570. The molecule has 0 saturated carbocycles. The zero-order valence-electron chi connectivity index (χ0n) is 7.59. The average molecular weight is 169 g/mol. The molecule has 2 heterocycles. The minimum absolute atomic E-state index is 0.0336. The van der Waals surface area contributed by atoms with Crippen LogP contribution in [-0.2, 0) is 9.53 Å². The molecule has 0 aliphatic carbocycles. The molecule has 0 aromatic carbocycles. The van der Waals surface area contributed by atoms with Gasteiger partial charge in [-0.25, -0.2) is 0 Å². The maximum atomic E-state index is 11.3. The number of cyclic esters (lactones) is 1. The summed E-state index contributed by atoms with van der Waals surface area (Å²) in [6.07, 6.45) is 2.26. The third-order valence-electron chi connectivity index (χ3n) is 2.97. The number of carbonyl (C=O) groups is 1. The van der Waals surface area contributed by atoms with Crippen LogP contribution in [0.15, 0.2) is 0 Å². The van der Waals surface area contributed by atoms with E-state index in [4.69, 9.17) is 4.74 Å². The molecular weight excluding hydrogens is 154 g/mol. The Morgan fingerprint density at radius 3 is 3.00 bits per heavy atom. The third kappa shape index (κ3) is 1.04. The van der Waals surface area contributed by atoms with Gasteiger partial charge in [0.05, 0.1) is 0 Å². The Bertz CT molecular complexity index is 213. The van der Waals surface area contributed by atoms with E-state index in [1.54, 1.807) is 0 Å². The average Bonchev–Trinajstić information content (AvgIpc) is 2.25. The van der Waals surface area contributed by atoms with Gasteiger partial charge in [-0.1, -0.05) is 0 Å². The van der Waals surface area contributed by atoms with E-state index in [0.29, 0.717) is 5.92 Å². The van der Waals surface area contributed by atoms with Crippen molar-refractivity contribution in [2.45, 2.75) is 38.3 Å². The summed E-state index contributed by atoms with van der Waals surface area (Å²) >= 11 is 0. The maximum Gasteiger partial charge on any atom is 0.324 e. The minimum Gasteiger partial charge on any atom is -0.458 e. The molecule has 0 aromatic rings. The number of esters is 1. The Morgan fingerprint density at radius 2 is 2.33 bits per heavy atom. The van der Waals surface area contributed by atoms with Crippen LogP contribution in [0.25, 0.3) is 0 Å². The second-order valence-electron chi connectivity index (χ2n) is 4.21. The topological polar surface area (TPSA) is 38.3 Å². The van der Waals surface area contributed by atoms with Crippen molar-refractivity contribution < 1.29 is 9.53 Å². The number of fused-ring (bicyclic) bond motifs is 1. The molecule has 0 amide bonds. The van der Waals surface area contributed by atoms with Gasteiger partial charge in [-0.05, 0) is 33.2 Å². The first kappa shape index (κ1) is 8.05. The summed E-state index contributed by atoms with van der Waals surface area (Å²) in [5.74, 6) is 0.309. The highest BCUT2D eigenvalue weighted by Crippen LogP contribution is 2.37. The summed E-state index contributed by atoms with van der Waals surface area (Å²) in [5.41, 5.74) is -0.255. The van der Waals surface area contributed by atoms with Gasteiger partial charge in [0.15, 0.2) is 0 Å². The van der Waals surface area contributed by atoms with Crippen LogP contribution < -0.4 is 5.32 Å². The van der Waals surface area contributed by atoms with E-state index < -0.39 is 0 Å². The van der Waals surface area contributed by atoms with Crippen LogP contribution in [0.1, 0.15) is 26.7 Å². The van der Waals surface area contributed by atoms with E-state index >= 15 is 0 Å². The molecule has 2 fully saturated rings. The van der Waals surface area contributed by atoms with Gasteiger partial charge in [0.2, 0.25) is 0 Å². The summed E-state index contributed by atoms with van der Waals surface area (Å²) in [6, 6.07) is -0.0336. The fourth-order valence-electron chi connectivity index (χ4n) is 2.28. The lowest BCUT2D eigenvalue weighted by molar-refractivity contribution is -0.147. The van der Waals surface area contributed by atoms with Gasteiger partial charge in [0.25, 0.3) is 0 Å². The molecule has 0 aromatic heterocycles. The Labute approximate surface area is 72.5 Å². The van der Waals surface area contributed by atoms with E-state index in [0.717, 1.165) is 19.4 Å². The summed E-state index contributed by atoms with van der Waals surface area (Å²) in [5, 5.41) is 3.21. The monoisotopic (exact) mass is 169 g/mol. The van der Waals surface area contributed by atoms with E-state index in [9.17, 15) is 4.79 Å². The van der Waals surface area contributed by atoms with Crippen molar-refractivity contribution in [3.05, 3.63) is 0 Å². The Morgan fingerprint density at radius 1 is 1.58 bits per heavy atom. The molecular formula is C9H15NO2. The zero-order chi connectivity index (χ0) is 8.77. The van der Waals surface area contributed by atoms with Crippen molar-refractivity contribution in [1.29, 1.82) is 0 Å². The quantitative estimate of drug-likeness (QED) is 0.542. The summed E-state index contributed by atoms with van der Waals surface area (Å²) < 4.78 is 5.29.